The van der Waals surface area contributed by atoms with Gasteiger partial charge in [0, 0.05) is 0 Å². The second-order valence-corrected chi connectivity index (χ2v) is 5.82. The lowest BCUT2D eigenvalue weighted by atomic mass is 10.2. The molecule has 0 unspecified atom stereocenters. The summed E-state index contributed by atoms with van der Waals surface area (Å²) in [5.41, 5.74) is 0. The third-order valence-electron chi connectivity index (χ3n) is 1.37. The Labute approximate surface area is 100 Å². The molecular weight excluding hydrogens is 422 g/mol. The highest BCUT2D eigenvalue weighted by Gasteiger charge is 2.11. The second kappa shape index (κ2) is 10.7. The Morgan fingerprint density at radius 3 is 1.29 bits per heavy atom. The van der Waals surface area contributed by atoms with Gasteiger partial charge in [-0.2, -0.15) is 0 Å². The third-order valence-corrected chi connectivity index (χ3v) is 3.27. The lowest BCUT2D eigenvalue weighted by Gasteiger charge is -1.96. The van der Waals surface area contributed by atoms with Gasteiger partial charge in [0.25, 0.3) is 0 Å². The first kappa shape index (κ1) is 15.2. The van der Waals surface area contributed by atoms with Crippen molar-refractivity contribution < 1.29 is 62.0 Å². The first-order valence-corrected chi connectivity index (χ1v) is 9.29. The van der Waals surface area contributed by atoms with Crippen molar-refractivity contribution in [2.75, 3.05) is 13.2 Å². The molecule has 0 aliphatic rings. The van der Waals surface area contributed by atoms with E-state index in [1.165, 1.54) is 0 Å². The molecule has 0 amide bonds. The van der Waals surface area contributed by atoms with Gasteiger partial charge < -0.3 is 13.7 Å². The van der Waals surface area contributed by atoms with Crippen LogP contribution in [0.5, 0.6) is 0 Å². The Hall–Kier alpha value is 1.22. The van der Waals surface area contributed by atoms with E-state index in [0.717, 1.165) is 12.8 Å². The zero-order chi connectivity index (χ0) is 10.8. The molecule has 0 bridgehead atoms. The summed E-state index contributed by atoms with van der Waals surface area (Å²) < 4.78 is 48.9. The molecular formula is C6H12I2O6. The van der Waals surface area contributed by atoms with Crippen LogP contribution < -0.4 is 55.9 Å². The van der Waals surface area contributed by atoms with Gasteiger partial charge in [0.2, 0.25) is 0 Å². The highest BCUT2D eigenvalue weighted by molar-refractivity contribution is 4.40. The fraction of sp³-hybridized carbons (Fsp3) is 1.00. The number of hydrogen-bond acceptors (Lipinski definition) is 6. The molecule has 0 aliphatic heterocycles. The summed E-state index contributed by atoms with van der Waals surface area (Å²) in [6.07, 6.45) is 2.99. The molecule has 0 atom stereocenters. The topological polar surface area (TPSA) is 111 Å². The highest BCUT2D eigenvalue weighted by atomic mass is 127. The van der Waals surface area contributed by atoms with Gasteiger partial charge in [-0.15, -0.1) is 0 Å². The molecule has 86 valence electrons. The molecule has 0 spiro atoms. The van der Waals surface area contributed by atoms with Gasteiger partial charge in [0.1, 0.15) is 13.2 Å². The van der Waals surface area contributed by atoms with Crippen molar-refractivity contribution in [3.8, 4) is 0 Å². The molecule has 0 aromatic carbocycles. The molecule has 0 radical (unpaired) electrons. The van der Waals surface area contributed by atoms with E-state index in [2.05, 4.69) is 6.13 Å². The fourth-order valence-electron chi connectivity index (χ4n) is 0.793. The monoisotopic (exact) mass is 434 g/mol. The predicted molar refractivity (Wildman–Crippen MR) is 30.4 cm³/mol. The summed E-state index contributed by atoms with van der Waals surface area (Å²) in [5, 5.41) is 0. The SMILES string of the molecule is [O-][I+2]([O-])OCCCCCCO[I+2]([O-])[O-]. The summed E-state index contributed by atoms with van der Waals surface area (Å²) in [7, 11) is 0. The van der Waals surface area contributed by atoms with Gasteiger partial charge in [0.05, 0.1) is 0 Å². The van der Waals surface area contributed by atoms with Gasteiger partial charge in [-0.25, -0.2) is 0 Å². The van der Waals surface area contributed by atoms with Crippen molar-refractivity contribution >= 4 is 0 Å². The molecule has 0 saturated carbocycles. The molecule has 6 nitrogen and oxygen atoms in total. The fourth-order valence-corrected chi connectivity index (χ4v) is 2.13. The number of hydrogen-bond donors (Lipinski definition) is 0. The zero-order valence-corrected chi connectivity index (χ0v) is 11.8. The molecule has 8 heteroatoms. The summed E-state index contributed by atoms with van der Waals surface area (Å²) in [6.45, 7) is 0.473. The zero-order valence-electron chi connectivity index (χ0n) is 7.45. The maximum absolute atomic E-state index is 10.0. The van der Waals surface area contributed by atoms with Crippen molar-refractivity contribution in [2.24, 2.45) is 0 Å². The predicted octanol–water partition coefficient (Wildman–Crippen LogP) is -9.24. The molecule has 0 N–H and O–H groups in total. The van der Waals surface area contributed by atoms with Crippen molar-refractivity contribution in [1.82, 2.24) is 0 Å². The van der Waals surface area contributed by atoms with Crippen LogP contribution in [0.4, 0.5) is 0 Å². The first-order chi connectivity index (χ1) is 6.63. The van der Waals surface area contributed by atoms with Crippen LogP contribution in [-0.4, -0.2) is 13.2 Å². The van der Waals surface area contributed by atoms with E-state index in [9.17, 15) is 13.7 Å². The van der Waals surface area contributed by atoms with E-state index in [1.54, 1.807) is 0 Å². The largest absolute Gasteiger partial charge is 0.506 e. The van der Waals surface area contributed by atoms with Crippen LogP contribution in [0.2, 0.25) is 0 Å². The minimum absolute atomic E-state index is 0.236. The molecule has 14 heavy (non-hydrogen) atoms. The van der Waals surface area contributed by atoms with Gasteiger partial charge in [-0.05, 0) is 19.0 Å². The van der Waals surface area contributed by atoms with Crippen LogP contribution in [0.1, 0.15) is 25.7 Å². The summed E-state index contributed by atoms with van der Waals surface area (Å²) in [6, 6.07) is 0. The first-order valence-electron chi connectivity index (χ1n) is 4.00. The maximum Gasteiger partial charge on any atom is 0.506 e. The van der Waals surface area contributed by atoms with E-state index < -0.39 is 42.1 Å². The average molecular weight is 434 g/mol. The second-order valence-electron chi connectivity index (χ2n) is 2.42. The smallest absolute Gasteiger partial charge is 0.396 e. The number of unbranched alkanes of at least 4 members (excludes halogenated alkanes) is 3. The Morgan fingerprint density at radius 1 is 0.643 bits per heavy atom. The molecule has 0 saturated heterocycles. The van der Waals surface area contributed by atoms with Crippen LogP contribution in [0.3, 0.4) is 0 Å². The van der Waals surface area contributed by atoms with Crippen LogP contribution in [-0.2, 0) is 6.13 Å². The lowest BCUT2D eigenvalue weighted by molar-refractivity contribution is -1.63. The number of halogens is 2. The van der Waals surface area contributed by atoms with Crippen LogP contribution >= 0.6 is 0 Å². The standard InChI is InChI=1S/C6H12I2O6/c9-7(10)13-5-3-1-2-4-6-14-8(11)12/h1-6H2. The summed E-state index contributed by atoms with van der Waals surface area (Å²) in [4.78, 5) is 0. The molecule has 0 aromatic heterocycles. The Morgan fingerprint density at radius 2 is 1.00 bits per heavy atom. The highest BCUT2D eigenvalue weighted by Crippen LogP contribution is 1.98. The third kappa shape index (κ3) is 13.2. The Bertz CT molecular complexity index is 109. The van der Waals surface area contributed by atoms with E-state index in [1.807, 2.05) is 0 Å². The van der Waals surface area contributed by atoms with Crippen LogP contribution in [0.15, 0.2) is 0 Å². The van der Waals surface area contributed by atoms with E-state index in [-0.39, 0.29) is 13.2 Å². The van der Waals surface area contributed by atoms with Gasteiger partial charge >= 0.3 is 42.1 Å². The maximum atomic E-state index is 10.0. The van der Waals surface area contributed by atoms with E-state index >= 15 is 0 Å². The Kier molecular flexibility index (Phi) is 11.7. The molecule has 0 fully saturated rings. The van der Waals surface area contributed by atoms with E-state index in [4.69, 9.17) is 0 Å². The van der Waals surface area contributed by atoms with Gasteiger partial charge in [-0.1, -0.05) is 12.8 Å². The molecule has 0 aromatic rings. The van der Waals surface area contributed by atoms with Crippen LogP contribution in [0, 0.1) is 0 Å². The average Bonchev–Trinajstić information content (AvgIpc) is 2.08. The van der Waals surface area contributed by atoms with Crippen LogP contribution in [0.25, 0.3) is 0 Å². The van der Waals surface area contributed by atoms with Crippen molar-refractivity contribution in [1.29, 1.82) is 0 Å². The minimum atomic E-state index is -3.50. The normalized spacial score (nSPS) is 11.6. The molecule has 0 heterocycles. The van der Waals surface area contributed by atoms with Gasteiger partial charge in [-0.3, -0.25) is 0 Å². The molecule has 0 rings (SSSR count). The molecule has 0 aliphatic carbocycles. The summed E-state index contributed by atoms with van der Waals surface area (Å²) >= 11 is -6.99. The quantitative estimate of drug-likeness (QED) is 0.264. The van der Waals surface area contributed by atoms with E-state index in [0.29, 0.717) is 12.8 Å². The Balaban J connectivity index is 2.92. The van der Waals surface area contributed by atoms with Crippen molar-refractivity contribution in [3.05, 3.63) is 0 Å². The number of rotatable bonds is 9. The van der Waals surface area contributed by atoms with Crippen molar-refractivity contribution in [2.45, 2.75) is 25.7 Å². The summed E-state index contributed by atoms with van der Waals surface area (Å²) in [5.74, 6) is 0. The van der Waals surface area contributed by atoms with Gasteiger partial charge in [0.15, 0.2) is 0 Å². The lowest BCUT2D eigenvalue weighted by Crippen LogP contribution is -3.99. The minimum Gasteiger partial charge on any atom is -0.396 e. The van der Waals surface area contributed by atoms with Crippen molar-refractivity contribution in [3.63, 3.8) is 0 Å².